The van der Waals surface area contributed by atoms with Crippen LogP contribution in [0.15, 0.2) is 48.0 Å². The van der Waals surface area contributed by atoms with Crippen molar-refractivity contribution in [3.05, 3.63) is 64.9 Å². The second-order valence-corrected chi connectivity index (χ2v) is 8.57. The number of benzene rings is 1. The molecule has 2 aliphatic rings. The topological polar surface area (TPSA) is 30.3 Å². The normalized spacial score (nSPS) is 20.9. The summed E-state index contributed by atoms with van der Waals surface area (Å²) in [6.45, 7) is 3.17. The van der Waals surface area contributed by atoms with Crippen LogP contribution in [0.4, 0.5) is 0 Å². The van der Waals surface area contributed by atoms with Crippen molar-refractivity contribution in [2.45, 2.75) is 38.0 Å². The van der Waals surface area contributed by atoms with Gasteiger partial charge in [-0.3, -0.25) is 0 Å². The molecule has 0 radical (unpaired) electrons. The van der Waals surface area contributed by atoms with Crippen molar-refractivity contribution in [2.75, 3.05) is 20.1 Å². The summed E-state index contributed by atoms with van der Waals surface area (Å²) < 4.78 is 9.05. The predicted octanol–water partition coefficient (Wildman–Crippen LogP) is 4.37. The van der Waals surface area contributed by atoms with E-state index in [4.69, 9.17) is 9.72 Å². The highest BCUT2D eigenvalue weighted by atomic mass is 32.1. The fraction of sp³-hybridized carbons (Fsp3) is 0.409. The Labute approximate surface area is 164 Å². The van der Waals surface area contributed by atoms with Crippen molar-refractivity contribution < 1.29 is 4.74 Å². The lowest BCUT2D eigenvalue weighted by Gasteiger charge is -2.32. The van der Waals surface area contributed by atoms with E-state index in [0.717, 1.165) is 50.4 Å². The fourth-order valence-corrected chi connectivity index (χ4v) is 4.89. The fourth-order valence-electron chi connectivity index (χ4n) is 4.21. The van der Waals surface area contributed by atoms with Crippen LogP contribution in [0.25, 0.3) is 10.6 Å². The van der Waals surface area contributed by atoms with E-state index in [0.29, 0.717) is 6.10 Å². The van der Waals surface area contributed by atoms with E-state index in [9.17, 15) is 0 Å². The summed E-state index contributed by atoms with van der Waals surface area (Å²) in [4.78, 5) is 8.66. The minimum absolute atomic E-state index is 0.0779. The van der Waals surface area contributed by atoms with Gasteiger partial charge in [-0.15, -0.1) is 11.3 Å². The predicted molar refractivity (Wildman–Crippen MR) is 109 cm³/mol. The lowest BCUT2D eigenvalue weighted by atomic mass is 10.00. The first kappa shape index (κ1) is 17.2. The Morgan fingerprint density at radius 2 is 1.93 bits per heavy atom. The van der Waals surface area contributed by atoms with Crippen molar-refractivity contribution in [1.82, 2.24) is 14.5 Å². The molecule has 5 rings (SSSR count). The van der Waals surface area contributed by atoms with Crippen LogP contribution in [-0.2, 0) is 17.7 Å². The van der Waals surface area contributed by atoms with Crippen LogP contribution in [0.2, 0.25) is 0 Å². The number of piperidine rings is 1. The molecule has 2 aromatic heterocycles. The smallest absolute Gasteiger partial charge is 0.143 e. The zero-order valence-electron chi connectivity index (χ0n) is 15.7. The average molecular weight is 380 g/mol. The van der Waals surface area contributed by atoms with Crippen LogP contribution >= 0.6 is 11.3 Å². The molecule has 1 unspecified atom stereocenters. The van der Waals surface area contributed by atoms with Crippen molar-refractivity contribution in [3.63, 3.8) is 0 Å². The van der Waals surface area contributed by atoms with Gasteiger partial charge < -0.3 is 14.2 Å². The minimum atomic E-state index is -0.0779. The van der Waals surface area contributed by atoms with E-state index in [1.807, 2.05) is 0 Å². The molecular formula is C22H25N3OS. The van der Waals surface area contributed by atoms with E-state index in [2.05, 4.69) is 64.5 Å². The molecule has 0 amide bonds. The molecule has 2 aliphatic heterocycles. The van der Waals surface area contributed by atoms with Gasteiger partial charge in [-0.25, -0.2) is 4.98 Å². The molecule has 1 saturated heterocycles. The number of aryl methyl sites for hydroxylation is 2. The molecule has 0 N–H and O–H groups in total. The molecular weight excluding hydrogens is 354 g/mol. The van der Waals surface area contributed by atoms with Crippen molar-refractivity contribution in [3.8, 4) is 10.6 Å². The zero-order chi connectivity index (χ0) is 18.2. The Bertz CT molecular complexity index is 910. The first-order chi connectivity index (χ1) is 13.3. The molecule has 0 spiro atoms. The average Bonchev–Trinajstić information content (AvgIpc) is 3.34. The van der Waals surface area contributed by atoms with Crippen LogP contribution in [0, 0.1) is 0 Å². The number of nitrogens with zero attached hydrogens (tertiary/aromatic N) is 3. The maximum atomic E-state index is 6.74. The van der Waals surface area contributed by atoms with Gasteiger partial charge in [0.2, 0.25) is 0 Å². The number of fused-ring (bicyclic) bond motifs is 2. The van der Waals surface area contributed by atoms with Crippen LogP contribution < -0.4 is 0 Å². The van der Waals surface area contributed by atoms with Crippen molar-refractivity contribution in [2.24, 2.45) is 0 Å². The van der Waals surface area contributed by atoms with Gasteiger partial charge in [0.25, 0.3) is 0 Å². The van der Waals surface area contributed by atoms with Crippen LogP contribution in [0.1, 0.15) is 35.9 Å². The third-order valence-electron chi connectivity index (χ3n) is 5.77. The third kappa shape index (κ3) is 3.35. The summed E-state index contributed by atoms with van der Waals surface area (Å²) >= 11 is 1.75. The number of imidazole rings is 1. The number of rotatable bonds is 3. The lowest BCUT2D eigenvalue weighted by Crippen LogP contribution is -2.35. The Hall–Kier alpha value is -1.95. The van der Waals surface area contributed by atoms with Crippen LogP contribution in [0.3, 0.4) is 0 Å². The molecule has 4 nitrogen and oxygen atoms in total. The Morgan fingerprint density at radius 3 is 2.74 bits per heavy atom. The summed E-state index contributed by atoms with van der Waals surface area (Å²) in [6, 6.07) is 13.0. The minimum Gasteiger partial charge on any atom is -0.362 e. The number of hydrogen-bond acceptors (Lipinski definition) is 4. The SMILES string of the molecule is CN1CCC(OC2c3ccccc3CCn3cc(-c4cccs4)nc32)CC1. The van der Waals surface area contributed by atoms with Gasteiger partial charge in [-0.2, -0.15) is 0 Å². The van der Waals surface area contributed by atoms with E-state index in [1.165, 1.54) is 16.0 Å². The van der Waals surface area contributed by atoms with Gasteiger partial charge in [0.1, 0.15) is 11.9 Å². The third-order valence-corrected chi connectivity index (χ3v) is 6.66. The maximum absolute atomic E-state index is 6.74. The maximum Gasteiger partial charge on any atom is 0.143 e. The molecule has 1 aromatic carbocycles. The molecule has 4 heterocycles. The number of hydrogen-bond donors (Lipinski definition) is 0. The van der Waals surface area contributed by atoms with Gasteiger partial charge in [0, 0.05) is 25.8 Å². The number of aromatic nitrogens is 2. The summed E-state index contributed by atoms with van der Waals surface area (Å²) in [5, 5.41) is 2.11. The van der Waals surface area contributed by atoms with Gasteiger partial charge in [-0.1, -0.05) is 30.3 Å². The number of thiophene rings is 1. The van der Waals surface area contributed by atoms with Crippen molar-refractivity contribution in [1.29, 1.82) is 0 Å². The molecule has 0 aliphatic carbocycles. The standard InChI is InChI=1S/C22H25N3OS/c1-24-11-9-17(10-12-24)26-21-18-6-3-2-5-16(18)8-13-25-15-19(23-22(21)25)20-7-4-14-27-20/h2-7,14-15,17,21H,8-13H2,1H3. The quantitative estimate of drug-likeness (QED) is 0.677. The zero-order valence-corrected chi connectivity index (χ0v) is 16.5. The Morgan fingerprint density at radius 1 is 1.07 bits per heavy atom. The molecule has 5 heteroatoms. The highest BCUT2D eigenvalue weighted by Gasteiger charge is 2.30. The number of likely N-dealkylation sites (tertiary alicyclic amines) is 1. The molecule has 1 atom stereocenters. The first-order valence-electron chi connectivity index (χ1n) is 9.80. The summed E-state index contributed by atoms with van der Waals surface area (Å²) in [5.74, 6) is 1.06. The monoisotopic (exact) mass is 379 g/mol. The lowest BCUT2D eigenvalue weighted by molar-refractivity contribution is -0.0275. The van der Waals surface area contributed by atoms with Crippen LogP contribution in [-0.4, -0.2) is 40.7 Å². The summed E-state index contributed by atoms with van der Waals surface area (Å²) in [6.07, 6.45) is 5.63. The summed E-state index contributed by atoms with van der Waals surface area (Å²) in [7, 11) is 2.19. The van der Waals surface area contributed by atoms with E-state index >= 15 is 0 Å². The molecule has 0 saturated carbocycles. The van der Waals surface area contributed by atoms with Gasteiger partial charge in [-0.05, 0) is 48.9 Å². The molecule has 1 fully saturated rings. The molecule has 140 valence electrons. The largest absolute Gasteiger partial charge is 0.362 e. The second-order valence-electron chi connectivity index (χ2n) is 7.62. The van der Waals surface area contributed by atoms with E-state index in [-0.39, 0.29) is 6.10 Å². The Balaban J connectivity index is 1.53. The van der Waals surface area contributed by atoms with Gasteiger partial charge in [0.05, 0.1) is 16.7 Å². The van der Waals surface area contributed by atoms with Gasteiger partial charge in [0.15, 0.2) is 0 Å². The van der Waals surface area contributed by atoms with Crippen molar-refractivity contribution >= 4 is 11.3 Å². The number of ether oxygens (including phenoxy) is 1. The van der Waals surface area contributed by atoms with E-state index in [1.54, 1.807) is 11.3 Å². The highest BCUT2D eigenvalue weighted by molar-refractivity contribution is 7.13. The Kier molecular flexibility index (Phi) is 4.60. The second kappa shape index (κ2) is 7.23. The molecule has 27 heavy (non-hydrogen) atoms. The van der Waals surface area contributed by atoms with Crippen LogP contribution in [0.5, 0.6) is 0 Å². The molecule has 0 bridgehead atoms. The van der Waals surface area contributed by atoms with Gasteiger partial charge >= 0.3 is 0 Å². The molecule has 3 aromatic rings. The van der Waals surface area contributed by atoms with E-state index < -0.39 is 0 Å². The first-order valence-corrected chi connectivity index (χ1v) is 10.7. The summed E-state index contributed by atoms with van der Waals surface area (Å²) in [5.41, 5.74) is 3.74. The highest BCUT2D eigenvalue weighted by Crippen LogP contribution is 2.36.